The predicted molar refractivity (Wildman–Crippen MR) is 79.0 cm³/mol. The summed E-state index contributed by atoms with van der Waals surface area (Å²) in [6, 6.07) is 7.64. The summed E-state index contributed by atoms with van der Waals surface area (Å²) < 4.78 is 0. The third-order valence-corrected chi connectivity index (χ3v) is 4.65. The first-order chi connectivity index (χ1) is 10.1. The predicted octanol–water partition coefficient (Wildman–Crippen LogP) is 2.56. The van der Waals surface area contributed by atoms with Gasteiger partial charge in [-0.15, -0.1) is 0 Å². The van der Waals surface area contributed by atoms with Gasteiger partial charge in [0.15, 0.2) is 0 Å². The minimum atomic E-state index is -0.865. The van der Waals surface area contributed by atoms with E-state index in [-0.39, 0.29) is 17.7 Å². The molecule has 1 aliphatic carbocycles. The molecule has 1 heterocycles. The van der Waals surface area contributed by atoms with E-state index in [2.05, 4.69) is 12.1 Å². The maximum atomic E-state index is 12.6. The molecule has 0 bridgehead atoms. The number of hydrogen-bond donors (Lipinski definition) is 1. The lowest BCUT2D eigenvalue weighted by atomic mass is 10.0. The van der Waals surface area contributed by atoms with Crippen molar-refractivity contribution in [1.82, 2.24) is 4.90 Å². The molecule has 3 atom stereocenters. The van der Waals surface area contributed by atoms with E-state index >= 15 is 0 Å². The van der Waals surface area contributed by atoms with Crippen molar-refractivity contribution >= 4 is 11.9 Å². The normalized spacial score (nSPS) is 28.2. The van der Waals surface area contributed by atoms with E-state index in [1.807, 2.05) is 19.1 Å². The molecule has 1 aromatic rings. The number of carboxylic acid groups (broad SMARTS) is 1. The molecule has 1 amide bonds. The van der Waals surface area contributed by atoms with Crippen LogP contribution in [0.1, 0.15) is 42.7 Å². The molecule has 0 aromatic heterocycles. The largest absolute Gasteiger partial charge is 0.480 e. The van der Waals surface area contributed by atoms with Crippen LogP contribution in [0.4, 0.5) is 0 Å². The number of carbonyl (C=O) groups excluding carboxylic acids is 1. The molecule has 1 N–H and O–H groups in total. The van der Waals surface area contributed by atoms with Crippen molar-refractivity contribution in [2.24, 2.45) is 5.92 Å². The first kappa shape index (κ1) is 14.1. The second-order valence-electron chi connectivity index (χ2n) is 6.24. The Morgan fingerprint density at radius 1 is 1.29 bits per heavy atom. The van der Waals surface area contributed by atoms with Crippen LogP contribution in [0.5, 0.6) is 0 Å². The summed E-state index contributed by atoms with van der Waals surface area (Å²) in [5.41, 5.74) is 2.41. The zero-order valence-electron chi connectivity index (χ0n) is 12.3. The number of benzene rings is 1. The van der Waals surface area contributed by atoms with Gasteiger partial charge in [-0.1, -0.05) is 29.8 Å². The van der Waals surface area contributed by atoms with Crippen LogP contribution in [0.2, 0.25) is 0 Å². The van der Waals surface area contributed by atoms with Crippen LogP contribution in [0.15, 0.2) is 24.3 Å². The molecule has 3 rings (SSSR count). The van der Waals surface area contributed by atoms with Crippen molar-refractivity contribution < 1.29 is 14.7 Å². The summed E-state index contributed by atoms with van der Waals surface area (Å²) in [6.45, 7) is 2.64. The van der Waals surface area contributed by atoms with E-state index in [0.29, 0.717) is 13.0 Å². The summed E-state index contributed by atoms with van der Waals surface area (Å²) >= 11 is 0. The van der Waals surface area contributed by atoms with E-state index in [1.165, 1.54) is 11.1 Å². The number of piperidine rings is 1. The van der Waals surface area contributed by atoms with Gasteiger partial charge in [-0.05, 0) is 44.1 Å². The fourth-order valence-electron chi connectivity index (χ4n) is 3.40. The topological polar surface area (TPSA) is 57.6 Å². The van der Waals surface area contributed by atoms with Gasteiger partial charge in [0.05, 0.1) is 0 Å². The third kappa shape index (κ3) is 2.80. The smallest absolute Gasteiger partial charge is 0.326 e. The van der Waals surface area contributed by atoms with Crippen molar-refractivity contribution in [1.29, 1.82) is 0 Å². The van der Waals surface area contributed by atoms with Crippen molar-refractivity contribution in [3.05, 3.63) is 35.4 Å². The molecule has 1 saturated heterocycles. The van der Waals surface area contributed by atoms with E-state index < -0.39 is 12.0 Å². The van der Waals surface area contributed by atoms with Crippen LogP contribution in [0.25, 0.3) is 0 Å². The summed E-state index contributed by atoms with van der Waals surface area (Å²) in [4.78, 5) is 25.5. The molecule has 1 saturated carbocycles. The molecule has 2 fully saturated rings. The maximum Gasteiger partial charge on any atom is 0.326 e. The lowest BCUT2D eigenvalue weighted by Crippen LogP contribution is -2.48. The average molecular weight is 287 g/mol. The number of nitrogens with zero attached hydrogens (tertiary/aromatic N) is 1. The van der Waals surface area contributed by atoms with Crippen molar-refractivity contribution in [3.63, 3.8) is 0 Å². The van der Waals surface area contributed by atoms with Gasteiger partial charge in [0, 0.05) is 12.5 Å². The van der Waals surface area contributed by atoms with Gasteiger partial charge in [-0.2, -0.15) is 0 Å². The Bertz CT molecular complexity index is 569. The van der Waals surface area contributed by atoms with Gasteiger partial charge in [0.25, 0.3) is 0 Å². The van der Waals surface area contributed by atoms with Gasteiger partial charge in [0.2, 0.25) is 5.91 Å². The van der Waals surface area contributed by atoms with Crippen molar-refractivity contribution in [3.8, 4) is 0 Å². The Morgan fingerprint density at radius 3 is 2.81 bits per heavy atom. The van der Waals surface area contributed by atoms with Crippen LogP contribution in [-0.2, 0) is 9.59 Å². The zero-order valence-corrected chi connectivity index (χ0v) is 12.3. The summed E-state index contributed by atoms with van der Waals surface area (Å²) in [6.07, 6.45) is 3.25. The Labute approximate surface area is 124 Å². The van der Waals surface area contributed by atoms with Crippen LogP contribution in [-0.4, -0.2) is 34.5 Å². The van der Waals surface area contributed by atoms with E-state index in [1.54, 1.807) is 4.90 Å². The van der Waals surface area contributed by atoms with Crippen LogP contribution in [0.3, 0.4) is 0 Å². The maximum absolute atomic E-state index is 12.6. The van der Waals surface area contributed by atoms with Gasteiger partial charge >= 0.3 is 5.97 Å². The van der Waals surface area contributed by atoms with Gasteiger partial charge in [0.1, 0.15) is 6.04 Å². The first-order valence-electron chi connectivity index (χ1n) is 7.68. The van der Waals surface area contributed by atoms with Gasteiger partial charge < -0.3 is 10.0 Å². The first-order valence-corrected chi connectivity index (χ1v) is 7.68. The minimum absolute atomic E-state index is 0.0215. The van der Waals surface area contributed by atoms with Crippen LogP contribution < -0.4 is 0 Å². The van der Waals surface area contributed by atoms with Crippen molar-refractivity contribution in [2.45, 2.75) is 44.6 Å². The Balaban J connectivity index is 1.70. The van der Waals surface area contributed by atoms with Gasteiger partial charge in [-0.25, -0.2) is 4.79 Å². The lowest BCUT2D eigenvalue weighted by molar-refractivity contribution is -0.152. The molecule has 2 aliphatic rings. The molecule has 1 aliphatic heterocycles. The highest BCUT2D eigenvalue weighted by Crippen LogP contribution is 2.49. The number of amides is 1. The summed E-state index contributed by atoms with van der Waals surface area (Å²) in [5.74, 6) is -0.579. The molecule has 4 nitrogen and oxygen atoms in total. The molecule has 21 heavy (non-hydrogen) atoms. The molecule has 112 valence electrons. The summed E-state index contributed by atoms with van der Waals surface area (Å²) in [7, 11) is 0. The number of aliphatic carboxylic acids is 1. The summed E-state index contributed by atoms with van der Waals surface area (Å²) in [5, 5.41) is 9.29. The number of hydrogen-bond acceptors (Lipinski definition) is 2. The fraction of sp³-hybridized carbons (Fsp3) is 0.529. The molecule has 1 aromatic carbocycles. The number of rotatable bonds is 3. The lowest BCUT2D eigenvalue weighted by Gasteiger charge is -2.33. The number of carbonyl (C=O) groups is 2. The molecular weight excluding hydrogens is 266 g/mol. The monoisotopic (exact) mass is 287 g/mol. The number of carboxylic acids is 1. The van der Waals surface area contributed by atoms with E-state index in [4.69, 9.17) is 0 Å². The molecule has 0 radical (unpaired) electrons. The standard InChI is InChI=1S/C17H21NO3/c1-11-5-4-6-12(9-11)13-10-14(13)16(19)18-8-3-2-7-15(18)17(20)21/h4-6,9,13-15H,2-3,7-8,10H2,1H3,(H,20,21)/t13-,14+,15-/m0/s1. The zero-order chi connectivity index (χ0) is 15.0. The SMILES string of the molecule is Cc1cccc([C@@H]2C[C@H]2C(=O)N2CCCC[C@H]2C(=O)O)c1. The highest BCUT2D eigenvalue weighted by Gasteiger charge is 2.48. The van der Waals surface area contributed by atoms with Crippen LogP contribution in [0, 0.1) is 12.8 Å². The van der Waals surface area contributed by atoms with E-state index in [0.717, 1.165) is 19.3 Å². The highest BCUT2D eigenvalue weighted by molar-refractivity contribution is 5.87. The Kier molecular flexibility index (Phi) is 3.70. The number of aryl methyl sites for hydroxylation is 1. The Morgan fingerprint density at radius 2 is 2.10 bits per heavy atom. The second-order valence-corrected chi connectivity index (χ2v) is 6.24. The highest BCUT2D eigenvalue weighted by atomic mass is 16.4. The third-order valence-electron chi connectivity index (χ3n) is 4.65. The minimum Gasteiger partial charge on any atom is -0.480 e. The number of likely N-dealkylation sites (tertiary alicyclic amines) is 1. The van der Waals surface area contributed by atoms with E-state index in [9.17, 15) is 14.7 Å². The average Bonchev–Trinajstić information content (AvgIpc) is 3.27. The van der Waals surface area contributed by atoms with Crippen LogP contribution >= 0.6 is 0 Å². The Hall–Kier alpha value is -1.84. The fourth-order valence-corrected chi connectivity index (χ4v) is 3.40. The molecular formula is C17H21NO3. The molecule has 0 spiro atoms. The molecule has 0 unspecified atom stereocenters. The molecule has 4 heteroatoms. The second kappa shape index (κ2) is 5.51. The quantitative estimate of drug-likeness (QED) is 0.929. The van der Waals surface area contributed by atoms with Crippen molar-refractivity contribution in [2.75, 3.05) is 6.54 Å². The van der Waals surface area contributed by atoms with Gasteiger partial charge in [-0.3, -0.25) is 4.79 Å².